The van der Waals surface area contributed by atoms with Gasteiger partial charge in [-0.25, -0.2) is 0 Å². The Bertz CT molecular complexity index is 577. The van der Waals surface area contributed by atoms with Gasteiger partial charge in [0.25, 0.3) is 0 Å². The summed E-state index contributed by atoms with van der Waals surface area (Å²) in [5.74, 6) is 3.89. The molecule has 26 heavy (non-hydrogen) atoms. The summed E-state index contributed by atoms with van der Waals surface area (Å²) in [7, 11) is 1.74. The van der Waals surface area contributed by atoms with E-state index in [-0.39, 0.29) is 6.10 Å². The van der Waals surface area contributed by atoms with Crippen LogP contribution in [0, 0.1) is 23.7 Å². The minimum absolute atomic E-state index is 0.0604. The lowest BCUT2D eigenvalue weighted by atomic mass is 9.44. The lowest BCUT2D eigenvalue weighted by Crippen LogP contribution is -2.55. The predicted octanol–water partition coefficient (Wildman–Crippen LogP) is 5.72. The van der Waals surface area contributed by atoms with Crippen molar-refractivity contribution in [3.05, 3.63) is 29.8 Å². The van der Waals surface area contributed by atoms with Gasteiger partial charge in [0.2, 0.25) is 0 Å². The highest BCUT2D eigenvalue weighted by Crippen LogP contribution is 2.63. The zero-order valence-electron chi connectivity index (χ0n) is 16.6. The number of ether oxygens (including phenoxy) is 1. The van der Waals surface area contributed by atoms with E-state index in [4.69, 9.17) is 4.74 Å². The normalized spacial score (nSPS) is 36.3. The van der Waals surface area contributed by atoms with E-state index in [9.17, 15) is 5.11 Å². The Hall–Kier alpha value is -1.02. The molecule has 4 fully saturated rings. The topological polar surface area (TPSA) is 29.5 Å². The molecule has 0 radical (unpaired) electrons. The van der Waals surface area contributed by atoms with Gasteiger partial charge in [0.1, 0.15) is 5.75 Å². The molecule has 0 aromatic heterocycles. The van der Waals surface area contributed by atoms with Crippen molar-refractivity contribution in [1.29, 1.82) is 0 Å². The molecule has 1 N–H and O–H groups in total. The SMILES string of the molecule is CCCCCC[C@H](O)C1[C@@H]2C[C@@H]3C[C@H]1CC(c1ccc(OC)cc1)(C3)C2. The molecule has 1 aromatic rings. The molecule has 4 aliphatic carbocycles. The molecular weight excluding hydrogens is 320 g/mol. The van der Waals surface area contributed by atoms with E-state index >= 15 is 0 Å². The van der Waals surface area contributed by atoms with Gasteiger partial charge in [-0.15, -0.1) is 0 Å². The number of aliphatic hydroxyl groups is 1. The Morgan fingerprint density at radius 1 is 1.04 bits per heavy atom. The highest BCUT2D eigenvalue weighted by atomic mass is 16.5. The highest BCUT2D eigenvalue weighted by Gasteiger charge is 2.56. The number of rotatable bonds is 8. The lowest BCUT2D eigenvalue weighted by Gasteiger charge is -2.61. The Labute approximate surface area is 159 Å². The van der Waals surface area contributed by atoms with Gasteiger partial charge < -0.3 is 9.84 Å². The second-order valence-electron chi connectivity index (χ2n) is 9.47. The van der Waals surface area contributed by atoms with Gasteiger partial charge in [-0.3, -0.25) is 0 Å². The summed E-state index contributed by atoms with van der Waals surface area (Å²) in [6.07, 6.45) is 12.7. The van der Waals surface area contributed by atoms with Gasteiger partial charge in [0.05, 0.1) is 13.2 Å². The third-order valence-electron chi connectivity index (χ3n) is 7.85. The fourth-order valence-electron chi connectivity index (χ4n) is 6.96. The number of benzene rings is 1. The van der Waals surface area contributed by atoms with Crippen molar-refractivity contribution in [3.8, 4) is 5.75 Å². The lowest BCUT2D eigenvalue weighted by molar-refractivity contribution is -0.104. The fraction of sp³-hybridized carbons (Fsp3) is 0.750. The molecule has 2 unspecified atom stereocenters. The van der Waals surface area contributed by atoms with Crippen LogP contribution >= 0.6 is 0 Å². The van der Waals surface area contributed by atoms with E-state index in [1.807, 2.05) is 0 Å². The zero-order valence-corrected chi connectivity index (χ0v) is 16.6. The molecule has 2 nitrogen and oxygen atoms in total. The van der Waals surface area contributed by atoms with E-state index in [0.29, 0.717) is 11.3 Å². The Kier molecular flexibility index (Phi) is 5.32. The van der Waals surface area contributed by atoms with Crippen LogP contribution < -0.4 is 4.74 Å². The van der Waals surface area contributed by atoms with E-state index in [1.165, 1.54) is 63.4 Å². The molecule has 0 amide bonds. The van der Waals surface area contributed by atoms with E-state index < -0.39 is 0 Å². The molecule has 0 heterocycles. The number of methoxy groups -OCH3 is 1. The maximum Gasteiger partial charge on any atom is 0.118 e. The van der Waals surface area contributed by atoms with Crippen molar-refractivity contribution < 1.29 is 9.84 Å². The van der Waals surface area contributed by atoms with Gasteiger partial charge >= 0.3 is 0 Å². The van der Waals surface area contributed by atoms with Gasteiger partial charge in [-0.2, -0.15) is 0 Å². The predicted molar refractivity (Wildman–Crippen MR) is 106 cm³/mol. The monoisotopic (exact) mass is 356 g/mol. The fourth-order valence-corrected chi connectivity index (χ4v) is 6.96. The average molecular weight is 357 g/mol. The van der Waals surface area contributed by atoms with Crippen molar-refractivity contribution in [2.45, 2.75) is 82.7 Å². The van der Waals surface area contributed by atoms with Crippen molar-refractivity contribution >= 4 is 0 Å². The molecule has 4 bridgehead atoms. The molecule has 1 aromatic carbocycles. The van der Waals surface area contributed by atoms with Crippen LogP contribution in [0.2, 0.25) is 0 Å². The van der Waals surface area contributed by atoms with Crippen molar-refractivity contribution in [3.63, 3.8) is 0 Å². The van der Waals surface area contributed by atoms with E-state index in [1.54, 1.807) is 7.11 Å². The number of hydrogen-bond donors (Lipinski definition) is 1. The molecule has 2 heteroatoms. The third-order valence-corrected chi connectivity index (χ3v) is 7.85. The van der Waals surface area contributed by atoms with Crippen LogP contribution in [0.4, 0.5) is 0 Å². The molecule has 4 saturated carbocycles. The van der Waals surface area contributed by atoms with Crippen LogP contribution in [0.3, 0.4) is 0 Å². The maximum atomic E-state index is 11.0. The summed E-state index contributed by atoms with van der Waals surface area (Å²) >= 11 is 0. The summed E-state index contributed by atoms with van der Waals surface area (Å²) in [5, 5.41) is 11.0. The maximum absolute atomic E-state index is 11.0. The summed E-state index contributed by atoms with van der Waals surface area (Å²) in [6.45, 7) is 2.26. The third kappa shape index (κ3) is 3.30. The molecule has 5 rings (SSSR count). The largest absolute Gasteiger partial charge is 0.497 e. The summed E-state index contributed by atoms with van der Waals surface area (Å²) < 4.78 is 5.36. The molecule has 0 aliphatic heterocycles. The Morgan fingerprint density at radius 2 is 1.73 bits per heavy atom. The van der Waals surface area contributed by atoms with E-state index in [2.05, 4.69) is 31.2 Å². The minimum Gasteiger partial charge on any atom is -0.497 e. The highest BCUT2D eigenvalue weighted by molar-refractivity contribution is 5.35. The van der Waals surface area contributed by atoms with Crippen molar-refractivity contribution in [1.82, 2.24) is 0 Å². The van der Waals surface area contributed by atoms with Crippen LogP contribution in [-0.2, 0) is 5.41 Å². The first-order chi connectivity index (χ1) is 12.6. The number of aliphatic hydroxyl groups excluding tert-OH is 1. The van der Waals surface area contributed by atoms with Crippen LogP contribution in [0.1, 0.15) is 76.7 Å². The van der Waals surface area contributed by atoms with Gasteiger partial charge in [-0.05, 0) is 85.3 Å². The van der Waals surface area contributed by atoms with Gasteiger partial charge in [-0.1, -0.05) is 44.7 Å². The van der Waals surface area contributed by atoms with Gasteiger partial charge in [0.15, 0.2) is 0 Å². The molecule has 4 aliphatic rings. The number of hydrogen-bond acceptors (Lipinski definition) is 2. The quantitative estimate of drug-likeness (QED) is 0.604. The van der Waals surface area contributed by atoms with Crippen molar-refractivity contribution in [2.75, 3.05) is 7.11 Å². The Balaban J connectivity index is 1.47. The smallest absolute Gasteiger partial charge is 0.118 e. The number of unbranched alkanes of at least 4 members (excludes halogenated alkanes) is 3. The van der Waals surface area contributed by atoms with Crippen LogP contribution in [0.5, 0.6) is 5.75 Å². The standard InChI is InChI=1S/C24H36O2/c1-3-4-5-6-7-22(25)23-18-12-17-13-19(23)16-24(14-17,15-18)20-8-10-21(26-2)11-9-20/h8-11,17-19,22-23,25H,3-7,12-16H2,1-2H3/t17-,18-,19+,22-,23?,24?/m0/s1. The van der Waals surface area contributed by atoms with Gasteiger partial charge in [0, 0.05) is 0 Å². The Morgan fingerprint density at radius 3 is 2.35 bits per heavy atom. The first-order valence-corrected chi connectivity index (χ1v) is 11.0. The second kappa shape index (κ2) is 7.54. The first-order valence-electron chi connectivity index (χ1n) is 11.0. The zero-order chi connectivity index (χ0) is 18.1. The molecule has 144 valence electrons. The summed E-state index contributed by atoms with van der Waals surface area (Å²) in [4.78, 5) is 0. The second-order valence-corrected chi connectivity index (χ2v) is 9.47. The van der Waals surface area contributed by atoms with Crippen LogP contribution in [0.25, 0.3) is 0 Å². The first kappa shape index (κ1) is 18.3. The molecular formula is C24H36O2. The van der Waals surface area contributed by atoms with Crippen LogP contribution in [-0.4, -0.2) is 18.3 Å². The molecule has 6 atom stereocenters. The van der Waals surface area contributed by atoms with E-state index in [0.717, 1.165) is 29.9 Å². The van der Waals surface area contributed by atoms with Crippen LogP contribution in [0.15, 0.2) is 24.3 Å². The molecule has 0 saturated heterocycles. The average Bonchev–Trinajstić information content (AvgIpc) is 2.64. The van der Waals surface area contributed by atoms with Crippen molar-refractivity contribution in [2.24, 2.45) is 23.7 Å². The summed E-state index contributed by atoms with van der Waals surface area (Å²) in [6, 6.07) is 8.88. The summed E-state index contributed by atoms with van der Waals surface area (Å²) in [5.41, 5.74) is 1.90. The minimum atomic E-state index is -0.0604. The molecule has 0 spiro atoms.